The van der Waals surface area contributed by atoms with Crippen LogP contribution in [0.25, 0.3) is 0 Å². The average molecular weight is 356 g/mol. The van der Waals surface area contributed by atoms with Crippen LogP contribution in [0.4, 0.5) is 4.79 Å². The van der Waals surface area contributed by atoms with Crippen LogP contribution >= 0.6 is 0 Å². The molecule has 0 saturated carbocycles. The highest BCUT2D eigenvalue weighted by atomic mass is 16.5. The van der Waals surface area contributed by atoms with Gasteiger partial charge in [0.15, 0.2) is 0 Å². The molecular formula is C19H24N4O3. The predicted octanol–water partition coefficient (Wildman–Crippen LogP) is 2.20. The molecule has 2 rings (SSSR count). The minimum atomic E-state index is -0.669. The van der Waals surface area contributed by atoms with Crippen LogP contribution in [0, 0.1) is 6.92 Å². The Morgan fingerprint density at radius 3 is 2.69 bits per heavy atom. The molecule has 26 heavy (non-hydrogen) atoms. The Labute approximate surface area is 153 Å². The minimum Gasteiger partial charge on any atom is -0.478 e. The summed E-state index contributed by atoms with van der Waals surface area (Å²) in [5.74, 6) is 0.291. The number of primary amides is 1. The molecule has 3 amide bonds. The van der Waals surface area contributed by atoms with E-state index in [4.69, 9.17) is 10.5 Å². The molecule has 0 aliphatic rings. The van der Waals surface area contributed by atoms with Crippen molar-refractivity contribution in [1.82, 2.24) is 15.6 Å². The molecule has 7 nitrogen and oxygen atoms in total. The van der Waals surface area contributed by atoms with E-state index in [0.29, 0.717) is 19.0 Å². The van der Waals surface area contributed by atoms with E-state index in [2.05, 4.69) is 15.6 Å². The van der Waals surface area contributed by atoms with Crippen molar-refractivity contribution in [1.29, 1.82) is 0 Å². The van der Waals surface area contributed by atoms with Gasteiger partial charge in [-0.15, -0.1) is 0 Å². The number of pyridine rings is 1. The molecule has 4 N–H and O–H groups in total. The van der Waals surface area contributed by atoms with Crippen molar-refractivity contribution in [2.45, 2.75) is 32.9 Å². The van der Waals surface area contributed by atoms with Gasteiger partial charge in [0.25, 0.3) is 0 Å². The Morgan fingerprint density at radius 2 is 2.00 bits per heavy atom. The summed E-state index contributed by atoms with van der Waals surface area (Å²) >= 11 is 0. The highest BCUT2D eigenvalue weighted by Crippen LogP contribution is 2.21. The highest BCUT2D eigenvalue weighted by Gasteiger charge is 2.19. The molecule has 0 saturated heterocycles. The molecule has 0 aliphatic carbocycles. The Morgan fingerprint density at radius 1 is 1.23 bits per heavy atom. The van der Waals surface area contributed by atoms with Gasteiger partial charge in [0, 0.05) is 18.3 Å². The lowest BCUT2D eigenvalue weighted by molar-refractivity contribution is -0.121. The zero-order valence-corrected chi connectivity index (χ0v) is 15.0. The lowest BCUT2D eigenvalue weighted by Crippen LogP contribution is -2.36. The number of nitrogens with two attached hydrogens (primary N) is 1. The van der Waals surface area contributed by atoms with E-state index in [-0.39, 0.29) is 12.3 Å². The van der Waals surface area contributed by atoms with Gasteiger partial charge in [-0.25, -0.2) is 9.78 Å². The van der Waals surface area contributed by atoms with Gasteiger partial charge in [-0.05, 0) is 31.0 Å². The number of hydrogen-bond donors (Lipinski definition) is 3. The van der Waals surface area contributed by atoms with E-state index in [1.165, 1.54) is 0 Å². The van der Waals surface area contributed by atoms with Gasteiger partial charge in [0.1, 0.15) is 0 Å². The van der Waals surface area contributed by atoms with E-state index < -0.39 is 12.1 Å². The molecule has 1 unspecified atom stereocenters. The maximum Gasteiger partial charge on any atom is 0.312 e. The summed E-state index contributed by atoms with van der Waals surface area (Å²) in [6.07, 6.45) is 1.72. The van der Waals surface area contributed by atoms with Gasteiger partial charge >= 0.3 is 6.03 Å². The predicted molar refractivity (Wildman–Crippen MR) is 98.5 cm³/mol. The molecule has 7 heteroatoms. The Kier molecular flexibility index (Phi) is 6.96. The first-order chi connectivity index (χ1) is 12.5. The monoisotopic (exact) mass is 356 g/mol. The standard InChI is InChI=1S/C19H24N4O3/c1-3-26-18-14(8-6-10-21-18)12-22-17(24)11-16(23-19(20)25)15-9-5-4-7-13(15)2/h4-10,16H,3,11-12H2,1-2H3,(H,22,24)(H3,20,23,25). The summed E-state index contributed by atoms with van der Waals surface area (Å²) in [5.41, 5.74) is 7.89. The summed E-state index contributed by atoms with van der Waals surface area (Å²) < 4.78 is 5.45. The van der Waals surface area contributed by atoms with Gasteiger partial charge < -0.3 is 21.1 Å². The van der Waals surface area contributed by atoms with Crippen LogP contribution < -0.4 is 21.1 Å². The minimum absolute atomic E-state index is 0.0814. The number of nitrogens with one attached hydrogen (secondary N) is 2. The molecule has 1 atom stereocenters. The third-order valence-corrected chi connectivity index (χ3v) is 3.88. The summed E-state index contributed by atoms with van der Waals surface area (Å²) in [6, 6.07) is 10.0. The molecule has 1 aromatic heterocycles. The van der Waals surface area contributed by atoms with Crippen LogP contribution in [0.2, 0.25) is 0 Å². The number of aromatic nitrogens is 1. The largest absolute Gasteiger partial charge is 0.478 e. The molecule has 1 heterocycles. The second kappa shape index (κ2) is 9.41. The normalized spacial score (nSPS) is 11.5. The van der Waals surface area contributed by atoms with Crippen LogP contribution in [0.5, 0.6) is 5.88 Å². The van der Waals surface area contributed by atoms with Crippen molar-refractivity contribution in [2.24, 2.45) is 5.73 Å². The number of carbonyl (C=O) groups is 2. The molecule has 138 valence electrons. The van der Waals surface area contributed by atoms with E-state index in [0.717, 1.165) is 16.7 Å². The fourth-order valence-electron chi connectivity index (χ4n) is 2.66. The number of aryl methyl sites for hydroxylation is 1. The summed E-state index contributed by atoms with van der Waals surface area (Å²) in [5, 5.41) is 5.48. The van der Waals surface area contributed by atoms with Crippen molar-refractivity contribution < 1.29 is 14.3 Å². The molecule has 1 aromatic carbocycles. The van der Waals surface area contributed by atoms with Gasteiger partial charge in [-0.3, -0.25) is 4.79 Å². The summed E-state index contributed by atoms with van der Waals surface area (Å²) in [6.45, 7) is 4.58. The lowest BCUT2D eigenvalue weighted by Gasteiger charge is -2.20. The third kappa shape index (κ3) is 5.47. The number of urea groups is 1. The maximum absolute atomic E-state index is 12.4. The highest BCUT2D eigenvalue weighted by molar-refractivity contribution is 5.79. The molecule has 0 radical (unpaired) electrons. The smallest absolute Gasteiger partial charge is 0.312 e. The number of benzene rings is 1. The Hall–Kier alpha value is -3.09. The van der Waals surface area contributed by atoms with Gasteiger partial charge in [0.05, 0.1) is 19.1 Å². The first-order valence-electron chi connectivity index (χ1n) is 8.46. The van der Waals surface area contributed by atoms with E-state index >= 15 is 0 Å². The SMILES string of the molecule is CCOc1ncccc1CNC(=O)CC(NC(N)=O)c1ccccc1C. The first-order valence-corrected chi connectivity index (χ1v) is 8.46. The van der Waals surface area contributed by atoms with Crippen molar-refractivity contribution in [3.05, 3.63) is 59.3 Å². The zero-order valence-electron chi connectivity index (χ0n) is 15.0. The zero-order chi connectivity index (χ0) is 18.9. The second-order valence-electron chi connectivity index (χ2n) is 5.80. The van der Waals surface area contributed by atoms with Crippen LogP contribution in [-0.4, -0.2) is 23.5 Å². The number of nitrogens with zero attached hydrogens (tertiary/aromatic N) is 1. The molecule has 0 aliphatic heterocycles. The first kappa shape index (κ1) is 19.2. The lowest BCUT2D eigenvalue weighted by atomic mass is 9.98. The Bertz CT molecular complexity index is 764. The number of amides is 3. The van der Waals surface area contributed by atoms with Gasteiger partial charge in [-0.1, -0.05) is 30.3 Å². The van der Waals surface area contributed by atoms with E-state index in [9.17, 15) is 9.59 Å². The topological polar surface area (TPSA) is 106 Å². The van der Waals surface area contributed by atoms with Crippen molar-refractivity contribution in [2.75, 3.05) is 6.61 Å². The molecule has 2 aromatic rings. The number of carbonyl (C=O) groups excluding carboxylic acids is 2. The quantitative estimate of drug-likeness (QED) is 0.674. The molecule has 0 fully saturated rings. The third-order valence-electron chi connectivity index (χ3n) is 3.88. The summed E-state index contributed by atoms with van der Waals surface area (Å²) in [7, 11) is 0. The van der Waals surface area contributed by atoms with Crippen molar-refractivity contribution in [3.63, 3.8) is 0 Å². The fourth-order valence-corrected chi connectivity index (χ4v) is 2.66. The van der Waals surface area contributed by atoms with Crippen LogP contribution in [0.15, 0.2) is 42.6 Å². The van der Waals surface area contributed by atoms with Crippen LogP contribution in [0.1, 0.15) is 36.1 Å². The van der Waals surface area contributed by atoms with Crippen molar-refractivity contribution >= 4 is 11.9 Å². The fraction of sp³-hybridized carbons (Fsp3) is 0.316. The van der Waals surface area contributed by atoms with Gasteiger partial charge in [0.2, 0.25) is 11.8 Å². The maximum atomic E-state index is 12.4. The molecule has 0 bridgehead atoms. The summed E-state index contributed by atoms with van der Waals surface area (Å²) in [4.78, 5) is 27.9. The Balaban J connectivity index is 2.04. The molecular weight excluding hydrogens is 332 g/mol. The van der Waals surface area contributed by atoms with Gasteiger partial charge in [-0.2, -0.15) is 0 Å². The number of ether oxygens (including phenoxy) is 1. The number of hydrogen-bond acceptors (Lipinski definition) is 4. The van der Waals surface area contributed by atoms with E-state index in [1.807, 2.05) is 44.2 Å². The second-order valence-corrected chi connectivity index (χ2v) is 5.80. The van der Waals surface area contributed by atoms with Crippen LogP contribution in [0.3, 0.4) is 0 Å². The van der Waals surface area contributed by atoms with Crippen molar-refractivity contribution in [3.8, 4) is 5.88 Å². The number of rotatable bonds is 8. The average Bonchev–Trinajstić information content (AvgIpc) is 2.61. The van der Waals surface area contributed by atoms with E-state index in [1.54, 1.807) is 12.3 Å². The van der Waals surface area contributed by atoms with Crippen LogP contribution in [-0.2, 0) is 11.3 Å². The molecule has 0 spiro atoms.